The molecule has 1 heterocycles. The van der Waals surface area contributed by atoms with Gasteiger partial charge < -0.3 is 5.11 Å². The van der Waals surface area contributed by atoms with Crippen LogP contribution in [0, 0.1) is 0 Å². The van der Waals surface area contributed by atoms with E-state index >= 15 is 0 Å². The summed E-state index contributed by atoms with van der Waals surface area (Å²) in [5, 5.41) is 13.3. The second-order valence-corrected chi connectivity index (χ2v) is 5.04. The van der Waals surface area contributed by atoms with Gasteiger partial charge in [0.15, 0.2) is 0 Å². The summed E-state index contributed by atoms with van der Waals surface area (Å²) < 4.78 is 0. The Morgan fingerprint density at radius 2 is 2.33 bits per heavy atom. The highest BCUT2D eigenvalue weighted by Gasteiger charge is 2.24. The molecule has 0 radical (unpaired) electrons. The van der Waals surface area contributed by atoms with Crippen LogP contribution in [0.15, 0.2) is 16.8 Å². The molecule has 0 aliphatic heterocycles. The molecule has 1 saturated carbocycles. The highest BCUT2D eigenvalue weighted by atomic mass is 32.1. The average molecular weight is 225 g/mol. The maximum absolute atomic E-state index is 8.89. The molecule has 2 rings (SSSR count). The van der Waals surface area contributed by atoms with Gasteiger partial charge >= 0.3 is 0 Å². The quantitative estimate of drug-likeness (QED) is 0.804. The fourth-order valence-electron chi connectivity index (χ4n) is 2.03. The van der Waals surface area contributed by atoms with Gasteiger partial charge in [-0.2, -0.15) is 11.3 Å². The molecule has 0 atom stereocenters. The molecule has 1 N–H and O–H groups in total. The minimum absolute atomic E-state index is 0.312. The van der Waals surface area contributed by atoms with Crippen LogP contribution in [0.25, 0.3) is 0 Å². The Morgan fingerprint density at radius 1 is 1.47 bits per heavy atom. The van der Waals surface area contributed by atoms with Crippen LogP contribution in [0.1, 0.15) is 31.2 Å². The van der Waals surface area contributed by atoms with Crippen molar-refractivity contribution in [3.8, 4) is 0 Å². The van der Waals surface area contributed by atoms with E-state index < -0.39 is 0 Å². The molecule has 0 unspecified atom stereocenters. The van der Waals surface area contributed by atoms with E-state index in [4.69, 9.17) is 5.11 Å². The van der Waals surface area contributed by atoms with E-state index in [-0.39, 0.29) is 0 Å². The number of thiophene rings is 1. The highest BCUT2D eigenvalue weighted by Crippen LogP contribution is 2.26. The molecule has 0 saturated heterocycles. The molecule has 1 aliphatic carbocycles. The summed E-state index contributed by atoms with van der Waals surface area (Å²) in [7, 11) is 0. The van der Waals surface area contributed by atoms with Gasteiger partial charge in [-0.25, -0.2) is 0 Å². The monoisotopic (exact) mass is 225 g/mol. The lowest BCUT2D eigenvalue weighted by molar-refractivity contribution is 0.109. The second kappa shape index (κ2) is 5.64. The first-order chi connectivity index (χ1) is 7.40. The minimum Gasteiger partial charge on any atom is -0.396 e. The van der Waals surface area contributed by atoms with Gasteiger partial charge in [-0.15, -0.1) is 0 Å². The number of aliphatic hydroxyl groups is 1. The molecule has 2 nitrogen and oxygen atoms in total. The van der Waals surface area contributed by atoms with Crippen molar-refractivity contribution in [1.29, 1.82) is 0 Å². The maximum atomic E-state index is 8.89. The van der Waals surface area contributed by atoms with Crippen LogP contribution >= 0.6 is 11.3 Å². The molecule has 0 amide bonds. The number of nitrogens with zero attached hydrogens (tertiary/aromatic N) is 1. The lowest BCUT2D eigenvalue weighted by atomic mass is 9.91. The van der Waals surface area contributed by atoms with E-state index in [2.05, 4.69) is 21.7 Å². The van der Waals surface area contributed by atoms with E-state index in [0.717, 1.165) is 25.6 Å². The molecule has 15 heavy (non-hydrogen) atoms. The highest BCUT2D eigenvalue weighted by molar-refractivity contribution is 7.07. The SMILES string of the molecule is OCCCN(Cc1ccsc1)C1CCC1. The molecular formula is C12H19NOS. The topological polar surface area (TPSA) is 23.5 Å². The van der Waals surface area contributed by atoms with Gasteiger partial charge in [-0.3, -0.25) is 4.90 Å². The van der Waals surface area contributed by atoms with Gasteiger partial charge in [-0.1, -0.05) is 6.42 Å². The number of aliphatic hydroxyl groups excluding tert-OH is 1. The van der Waals surface area contributed by atoms with Crippen LogP contribution < -0.4 is 0 Å². The van der Waals surface area contributed by atoms with Crippen molar-refractivity contribution in [2.24, 2.45) is 0 Å². The Hall–Kier alpha value is -0.380. The van der Waals surface area contributed by atoms with Crippen molar-refractivity contribution in [1.82, 2.24) is 4.90 Å². The van der Waals surface area contributed by atoms with Gasteiger partial charge in [0.05, 0.1) is 0 Å². The summed E-state index contributed by atoms with van der Waals surface area (Å²) in [4.78, 5) is 2.53. The number of hydrogen-bond donors (Lipinski definition) is 1. The van der Waals surface area contributed by atoms with Crippen LogP contribution in [0.4, 0.5) is 0 Å². The lowest BCUT2D eigenvalue weighted by Gasteiger charge is -2.37. The first-order valence-electron chi connectivity index (χ1n) is 5.76. The molecule has 0 aromatic carbocycles. The van der Waals surface area contributed by atoms with Crippen molar-refractivity contribution in [2.45, 2.75) is 38.3 Å². The smallest absolute Gasteiger partial charge is 0.0443 e. The van der Waals surface area contributed by atoms with E-state index in [9.17, 15) is 0 Å². The van der Waals surface area contributed by atoms with Crippen molar-refractivity contribution < 1.29 is 5.11 Å². The predicted octanol–water partition coefficient (Wildman–Crippen LogP) is 2.49. The molecule has 1 fully saturated rings. The first kappa shape index (κ1) is 11.1. The van der Waals surface area contributed by atoms with Crippen molar-refractivity contribution in [2.75, 3.05) is 13.2 Å². The van der Waals surface area contributed by atoms with Gasteiger partial charge in [0.1, 0.15) is 0 Å². The minimum atomic E-state index is 0.312. The Bertz CT molecular complexity index is 269. The summed E-state index contributed by atoms with van der Waals surface area (Å²) in [6.07, 6.45) is 4.97. The van der Waals surface area contributed by atoms with Crippen LogP contribution in [0.5, 0.6) is 0 Å². The molecule has 84 valence electrons. The lowest BCUT2D eigenvalue weighted by Crippen LogP contribution is -2.40. The Morgan fingerprint density at radius 3 is 2.87 bits per heavy atom. The van der Waals surface area contributed by atoms with E-state index in [1.807, 2.05) is 0 Å². The zero-order valence-corrected chi connectivity index (χ0v) is 9.88. The van der Waals surface area contributed by atoms with E-state index in [1.165, 1.54) is 24.8 Å². The zero-order chi connectivity index (χ0) is 10.5. The van der Waals surface area contributed by atoms with Gasteiger partial charge in [0, 0.05) is 25.7 Å². The molecule has 3 heteroatoms. The van der Waals surface area contributed by atoms with Gasteiger partial charge in [0.25, 0.3) is 0 Å². The summed E-state index contributed by atoms with van der Waals surface area (Å²) in [6, 6.07) is 2.98. The third-order valence-corrected chi connectivity index (χ3v) is 3.89. The molecule has 0 spiro atoms. The summed E-state index contributed by atoms with van der Waals surface area (Å²) >= 11 is 1.77. The van der Waals surface area contributed by atoms with Crippen LogP contribution in [-0.4, -0.2) is 29.2 Å². The van der Waals surface area contributed by atoms with Crippen LogP contribution in [0.3, 0.4) is 0 Å². The molecule has 1 aliphatic rings. The zero-order valence-electron chi connectivity index (χ0n) is 9.06. The van der Waals surface area contributed by atoms with Crippen LogP contribution in [-0.2, 0) is 6.54 Å². The summed E-state index contributed by atoms with van der Waals surface area (Å²) in [6.45, 7) is 2.41. The average Bonchev–Trinajstić information content (AvgIpc) is 2.64. The van der Waals surface area contributed by atoms with Crippen molar-refractivity contribution in [3.63, 3.8) is 0 Å². The standard InChI is InChI=1S/C12H19NOS/c14-7-2-6-13(12-3-1-4-12)9-11-5-8-15-10-11/h5,8,10,12,14H,1-4,6-7,9H2. The van der Waals surface area contributed by atoms with Gasteiger partial charge in [-0.05, 0) is 41.7 Å². The molecular weight excluding hydrogens is 206 g/mol. The van der Waals surface area contributed by atoms with E-state index in [0.29, 0.717) is 6.61 Å². The van der Waals surface area contributed by atoms with Crippen molar-refractivity contribution >= 4 is 11.3 Å². The summed E-state index contributed by atoms with van der Waals surface area (Å²) in [5.41, 5.74) is 1.42. The second-order valence-electron chi connectivity index (χ2n) is 4.26. The van der Waals surface area contributed by atoms with Crippen LogP contribution in [0.2, 0.25) is 0 Å². The first-order valence-corrected chi connectivity index (χ1v) is 6.70. The number of rotatable bonds is 6. The normalized spacial score (nSPS) is 16.9. The largest absolute Gasteiger partial charge is 0.396 e. The van der Waals surface area contributed by atoms with Gasteiger partial charge in [0.2, 0.25) is 0 Å². The predicted molar refractivity (Wildman–Crippen MR) is 64.1 cm³/mol. The molecule has 1 aromatic heterocycles. The fourth-order valence-corrected chi connectivity index (χ4v) is 2.69. The van der Waals surface area contributed by atoms with E-state index in [1.54, 1.807) is 11.3 Å². The summed E-state index contributed by atoms with van der Waals surface area (Å²) in [5.74, 6) is 0. The Balaban J connectivity index is 1.86. The maximum Gasteiger partial charge on any atom is 0.0443 e. The third kappa shape index (κ3) is 3.03. The molecule has 1 aromatic rings. The Kier molecular flexibility index (Phi) is 4.18. The number of hydrogen-bond acceptors (Lipinski definition) is 3. The third-order valence-electron chi connectivity index (χ3n) is 3.16. The van der Waals surface area contributed by atoms with Crippen molar-refractivity contribution in [3.05, 3.63) is 22.4 Å². The molecule has 0 bridgehead atoms. The fraction of sp³-hybridized carbons (Fsp3) is 0.667. The Labute approximate surface area is 95.5 Å².